The SMILES string of the molecule is COc1ccc(CN2C=CC=C3N=CC(c4cc5ccccc5o4)N32)cc1. The molecule has 2 aliphatic rings. The Morgan fingerprint density at radius 2 is 1.96 bits per heavy atom. The number of methoxy groups -OCH3 is 1. The second-order valence-electron chi connectivity index (χ2n) is 6.57. The van der Waals surface area contributed by atoms with Crippen LogP contribution < -0.4 is 4.74 Å². The van der Waals surface area contributed by atoms with Crippen LogP contribution in [-0.2, 0) is 6.54 Å². The summed E-state index contributed by atoms with van der Waals surface area (Å²) in [6.45, 7) is 0.734. The minimum Gasteiger partial charge on any atom is -0.497 e. The van der Waals surface area contributed by atoms with E-state index in [-0.39, 0.29) is 6.04 Å². The van der Waals surface area contributed by atoms with E-state index < -0.39 is 0 Å². The number of hydrogen-bond acceptors (Lipinski definition) is 5. The van der Waals surface area contributed by atoms with E-state index in [4.69, 9.17) is 9.15 Å². The Bertz CT molecular complexity index is 1030. The normalized spacial score (nSPS) is 18.1. The first-order valence-electron chi connectivity index (χ1n) is 8.92. The molecule has 3 aromatic rings. The van der Waals surface area contributed by atoms with Crippen LogP contribution in [0.1, 0.15) is 17.4 Å². The van der Waals surface area contributed by atoms with Crippen molar-refractivity contribution >= 4 is 17.2 Å². The Balaban J connectivity index is 1.45. The minimum absolute atomic E-state index is 0.0631. The zero-order chi connectivity index (χ0) is 18.2. The first-order valence-corrected chi connectivity index (χ1v) is 8.92. The van der Waals surface area contributed by atoms with Crippen LogP contribution in [0.3, 0.4) is 0 Å². The van der Waals surface area contributed by atoms with Crippen molar-refractivity contribution in [2.45, 2.75) is 12.6 Å². The zero-order valence-electron chi connectivity index (χ0n) is 14.9. The van der Waals surface area contributed by atoms with Gasteiger partial charge in [-0.3, -0.25) is 10.0 Å². The molecule has 0 spiro atoms. The second kappa shape index (κ2) is 6.36. The number of ether oxygens (including phenoxy) is 1. The number of allylic oxidation sites excluding steroid dienone is 2. The van der Waals surface area contributed by atoms with Gasteiger partial charge in [-0.2, -0.15) is 0 Å². The average Bonchev–Trinajstić information content (AvgIpc) is 3.33. The Morgan fingerprint density at radius 3 is 2.78 bits per heavy atom. The fraction of sp³-hybridized carbons (Fsp3) is 0.136. The van der Waals surface area contributed by atoms with Crippen molar-refractivity contribution in [3.8, 4) is 5.75 Å². The number of para-hydroxylation sites is 1. The monoisotopic (exact) mass is 357 g/mol. The molecule has 134 valence electrons. The highest BCUT2D eigenvalue weighted by molar-refractivity contribution is 5.80. The molecule has 27 heavy (non-hydrogen) atoms. The molecule has 0 fully saturated rings. The number of hydrogen-bond donors (Lipinski definition) is 0. The molecule has 1 aromatic heterocycles. The summed E-state index contributed by atoms with van der Waals surface area (Å²) in [6.07, 6.45) is 8.05. The first kappa shape index (κ1) is 15.8. The van der Waals surface area contributed by atoms with E-state index in [1.807, 2.05) is 48.7 Å². The Labute approximate surface area is 157 Å². The van der Waals surface area contributed by atoms with Gasteiger partial charge in [-0.25, -0.2) is 4.99 Å². The fourth-order valence-electron chi connectivity index (χ4n) is 3.51. The molecule has 3 heterocycles. The molecule has 1 unspecified atom stereocenters. The van der Waals surface area contributed by atoms with Gasteiger partial charge in [-0.05, 0) is 42.0 Å². The predicted octanol–water partition coefficient (Wildman–Crippen LogP) is 4.65. The van der Waals surface area contributed by atoms with E-state index in [1.165, 1.54) is 5.56 Å². The zero-order valence-corrected chi connectivity index (χ0v) is 14.9. The molecule has 0 amide bonds. The van der Waals surface area contributed by atoms with E-state index in [0.717, 1.165) is 34.8 Å². The Morgan fingerprint density at radius 1 is 1.11 bits per heavy atom. The van der Waals surface area contributed by atoms with Gasteiger partial charge in [0.05, 0.1) is 13.7 Å². The lowest BCUT2D eigenvalue weighted by Crippen LogP contribution is -2.39. The molecule has 0 saturated carbocycles. The molecule has 0 saturated heterocycles. The van der Waals surface area contributed by atoms with Crippen molar-refractivity contribution in [1.82, 2.24) is 10.0 Å². The third kappa shape index (κ3) is 2.77. The van der Waals surface area contributed by atoms with Crippen LogP contribution in [0.5, 0.6) is 5.75 Å². The van der Waals surface area contributed by atoms with Crippen LogP contribution in [0.2, 0.25) is 0 Å². The molecule has 1 atom stereocenters. The van der Waals surface area contributed by atoms with E-state index in [2.05, 4.69) is 45.5 Å². The average molecular weight is 357 g/mol. The summed E-state index contributed by atoms with van der Waals surface area (Å²) >= 11 is 0. The Hall–Kier alpha value is -3.47. The van der Waals surface area contributed by atoms with Crippen LogP contribution >= 0.6 is 0 Å². The number of hydrazine groups is 1. The summed E-state index contributed by atoms with van der Waals surface area (Å²) in [7, 11) is 1.68. The maximum atomic E-state index is 6.10. The smallest absolute Gasteiger partial charge is 0.147 e. The summed E-state index contributed by atoms with van der Waals surface area (Å²) < 4.78 is 11.4. The lowest BCUT2D eigenvalue weighted by molar-refractivity contribution is 0.0309. The molecule has 5 rings (SSSR count). The van der Waals surface area contributed by atoms with Gasteiger partial charge in [0.15, 0.2) is 0 Å². The molecule has 5 nitrogen and oxygen atoms in total. The van der Waals surface area contributed by atoms with E-state index in [0.29, 0.717) is 0 Å². The van der Waals surface area contributed by atoms with E-state index in [9.17, 15) is 0 Å². The molecular formula is C22H19N3O2. The van der Waals surface area contributed by atoms with Gasteiger partial charge in [0, 0.05) is 17.8 Å². The lowest BCUT2D eigenvalue weighted by Gasteiger charge is -2.37. The highest BCUT2D eigenvalue weighted by Crippen LogP contribution is 2.36. The molecule has 0 bridgehead atoms. The van der Waals surface area contributed by atoms with Gasteiger partial charge in [0.25, 0.3) is 0 Å². The largest absolute Gasteiger partial charge is 0.497 e. The van der Waals surface area contributed by atoms with Crippen molar-refractivity contribution in [3.05, 3.63) is 90.1 Å². The van der Waals surface area contributed by atoms with Crippen LogP contribution in [0, 0.1) is 0 Å². The Kier molecular flexibility index (Phi) is 3.71. The molecule has 2 aliphatic heterocycles. The van der Waals surface area contributed by atoms with Crippen molar-refractivity contribution in [2.24, 2.45) is 4.99 Å². The number of nitrogens with zero attached hydrogens (tertiary/aromatic N) is 3. The van der Waals surface area contributed by atoms with Crippen molar-refractivity contribution in [1.29, 1.82) is 0 Å². The van der Waals surface area contributed by atoms with Crippen LogP contribution in [0.4, 0.5) is 0 Å². The second-order valence-corrected chi connectivity index (χ2v) is 6.57. The summed E-state index contributed by atoms with van der Waals surface area (Å²) in [4.78, 5) is 4.59. The minimum atomic E-state index is -0.0631. The van der Waals surface area contributed by atoms with Gasteiger partial charge in [0.2, 0.25) is 0 Å². The molecule has 0 N–H and O–H groups in total. The van der Waals surface area contributed by atoms with Gasteiger partial charge < -0.3 is 9.15 Å². The topological polar surface area (TPSA) is 41.2 Å². The van der Waals surface area contributed by atoms with Gasteiger partial charge >= 0.3 is 0 Å². The molecule has 0 radical (unpaired) electrons. The standard InChI is InChI=1S/C22H19N3O2/c1-26-18-10-8-16(9-11-18)15-24-12-4-7-22-23-14-19(25(22)24)21-13-17-5-2-3-6-20(17)27-21/h2-14,19H,15H2,1H3. The van der Waals surface area contributed by atoms with Crippen molar-refractivity contribution < 1.29 is 9.15 Å². The van der Waals surface area contributed by atoms with Gasteiger partial charge in [-0.1, -0.05) is 30.3 Å². The van der Waals surface area contributed by atoms with Crippen LogP contribution in [0.15, 0.2) is 88.2 Å². The third-order valence-corrected chi connectivity index (χ3v) is 4.87. The number of aliphatic imine (C=N–C) groups is 1. The number of fused-ring (bicyclic) bond motifs is 2. The van der Waals surface area contributed by atoms with E-state index >= 15 is 0 Å². The third-order valence-electron chi connectivity index (χ3n) is 4.87. The quantitative estimate of drug-likeness (QED) is 0.681. The summed E-state index contributed by atoms with van der Waals surface area (Å²) in [5.74, 6) is 2.66. The molecule has 5 heteroatoms. The number of rotatable bonds is 4. The molecule has 0 aliphatic carbocycles. The highest BCUT2D eigenvalue weighted by Gasteiger charge is 2.33. The molecular weight excluding hydrogens is 338 g/mol. The maximum Gasteiger partial charge on any atom is 0.147 e. The van der Waals surface area contributed by atoms with E-state index in [1.54, 1.807) is 7.11 Å². The summed E-state index contributed by atoms with van der Waals surface area (Å²) in [5, 5.41) is 5.44. The lowest BCUT2D eigenvalue weighted by atomic mass is 10.2. The first-order chi connectivity index (χ1) is 13.3. The van der Waals surface area contributed by atoms with Crippen LogP contribution in [0.25, 0.3) is 11.0 Å². The maximum absolute atomic E-state index is 6.10. The predicted molar refractivity (Wildman–Crippen MR) is 105 cm³/mol. The fourth-order valence-corrected chi connectivity index (χ4v) is 3.51. The van der Waals surface area contributed by atoms with Crippen molar-refractivity contribution in [2.75, 3.05) is 7.11 Å². The molecule has 2 aromatic carbocycles. The van der Waals surface area contributed by atoms with Crippen molar-refractivity contribution in [3.63, 3.8) is 0 Å². The summed E-state index contributed by atoms with van der Waals surface area (Å²) in [6, 6.07) is 18.2. The van der Waals surface area contributed by atoms with Gasteiger partial charge in [-0.15, -0.1) is 0 Å². The van der Waals surface area contributed by atoms with Crippen LogP contribution in [-0.4, -0.2) is 23.3 Å². The number of furan rings is 1. The highest BCUT2D eigenvalue weighted by atomic mass is 16.5. The van der Waals surface area contributed by atoms with Gasteiger partial charge in [0.1, 0.15) is 29.0 Å². The summed E-state index contributed by atoms with van der Waals surface area (Å²) in [5.41, 5.74) is 2.09. The number of benzene rings is 2.